The molecule has 0 bridgehead atoms. The Balaban J connectivity index is 1.65. The lowest BCUT2D eigenvalue weighted by Gasteiger charge is -2.16. The van der Waals surface area contributed by atoms with Crippen molar-refractivity contribution in [3.8, 4) is 11.6 Å². The predicted molar refractivity (Wildman–Crippen MR) is 93.0 cm³/mol. The van der Waals surface area contributed by atoms with E-state index in [1.165, 1.54) is 27.7 Å². The van der Waals surface area contributed by atoms with Crippen LogP contribution in [0.4, 0.5) is 4.39 Å². The summed E-state index contributed by atoms with van der Waals surface area (Å²) in [7, 11) is 1.67. The summed E-state index contributed by atoms with van der Waals surface area (Å²) in [4.78, 5) is 18.5. The minimum Gasteiger partial charge on any atom is -0.492 e. The maximum absolute atomic E-state index is 12.9. The summed E-state index contributed by atoms with van der Waals surface area (Å²) in [6.45, 7) is 2.99. The molecule has 0 N–H and O–H groups in total. The number of aromatic nitrogens is 3. The van der Waals surface area contributed by atoms with Crippen molar-refractivity contribution >= 4 is 11.6 Å². The molecule has 0 aliphatic heterocycles. The van der Waals surface area contributed by atoms with Crippen LogP contribution in [-0.4, -0.2) is 52.2 Å². The van der Waals surface area contributed by atoms with Crippen LogP contribution in [0.15, 0.2) is 42.7 Å². The van der Waals surface area contributed by atoms with Gasteiger partial charge in [-0.3, -0.25) is 4.79 Å². The third-order valence-corrected chi connectivity index (χ3v) is 3.72. The molecule has 1 aromatic carbocycles. The van der Waals surface area contributed by atoms with Gasteiger partial charge in [0.15, 0.2) is 5.65 Å². The molecule has 0 aliphatic rings. The Morgan fingerprint density at radius 1 is 1.23 bits per heavy atom. The molecule has 1 amide bonds. The van der Waals surface area contributed by atoms with E-state index < -0.39 is 0 Å². The first-order valence-corrected chi connectivity index (χ1v) is 8.19. The second-order valence-corrected chi connectivity index (χ2v) is 5.55. The number of carbonyl (C=O) groups excluding carboxylic acids is 1. The average molecular weight is 358 g/mol. The molecule has 0 saturated heterocycles. The molecule has 2 heterocycles. The van der Waals surface area contributed by atoms with Crippen LogP contribution in [0.1, 0.15) is 17.3 Å². The van der Waals surface area contributed by atoms with Crippen molar-refractivity contribution in [1.82, 2.24) is 19.5 Å². The fraction of sp³-hybridized carbons (Fsp3) is 0.278. The van der Waals surface area contributed by atoms with E-state index in [-0.39, 0.29) is 18.3 Å². The van der Waals surface area contributed by atoms with E-state index in [9.17, 15) is 9.18 Å². The van der Waals surface area contributed by atoms with Crippen molar-refractivity contribution in [1.29, 1.82) is 0 Å². The van der Waals surface area contributed by atoms with Gasteiger partial charge < -0.3 is 14.4 Å². The third-order valence-electron chi connectivity index (χ3n) is 3.72. The maximum Gasteiger partial charge on any atom is 0.259 e. The van der Waals surface area contributed by atoms with Crippen LogP contribution < -0.4 is 9.47 Å². The van der Waals surface area contributed by atoms with Gasteiger partial charge in [-0.2, -0.15) is 10.1 Å². The molecule has 0 radical (unpaired) electrons. The van der Waals surface area contributed by atoms with Crippen molar-refractivity contribution in [3.05, 3.63) is 54.1 Å². The van der Waals surface area contributed by atoms with Gasteiger partial charge in [0.05, 0.1) is 19.3 Å². The summed E-state index contributed by atoms with van der Waals surface area (Å²) < 4.78 is 25.3. The summed E-state index contributed by atoms with van der Waals surface area (Å²) in [5, 5.41) is 4.14. The highest BCUT2D eigenvalue weighted by atomic mass is 19.1. The largest absolute Gasteiger partial charge is 0.492 e. The lowest BCUT2D eigenvalue weighted by molar-refractivity contribution is 0.0775. The Hall–Kier alpha value is -3.16. The molecule has 0 saturated carbocycles. The van der Waals surface area contributed by atoms with Crippen molar-refractivity contribution in [2.75, 3.05) is 26.8 Å². The van der Waals surface area contributed by atoms with E-state index in [0.29, 0.717) is 36.0 Å². The molecule has 8 heteroatoms. The summed E-state index contributed by atoms with van der Waals surface area (Å²) in [5.74, 6) is 0.448. The van der Waals surface area contributed by atoms with Gasteiger partial charge in [-0.15, -0.1) is 0 Å². The molecule has 0 aliphatic carbocycles. The van der Waals surface area contributed by atoms with E-state index in [4.69, 9.17) is 9.47 Å². The zero-order chi connectivity index (χ0) is 18.5. The molecule has 7 nitrogen and oxygen atoms in total. The average Bonchev–Trinajstić information content (AvgIpc) is 3.06. The second kappa shape index (κ2) is 7.81. The van der Waals surface area contributed by atoms with E-state index in [1.54, 1.807) is 31.4 Å². The highest BCUT2D eigenvalue weighted by molar-refractivity contribution is 5.99. The molecule has 0 fully saturated rings. The Morgan fingerprint density at radius 2 is 2.00 bits per heavy atom. The van der Waals surface area contributed by atoms with Crippen LogP contribution in [0.25, 0.3) is 5.65 Å². The minimum atomic E-state index is -0.323. The van der Waals surface area contributed by atoms with Crippen molar-refractivity contribution in [2.24, 2.45) is 0 Å². The smallest absolute Gasteiger partial charge is 0.259 e. The number of amides is 1. The van der Waals surface area contributed by atoms with Gasteiger partial charge in [-0.05, 0) is 31.2 Å². The number of rotatable bonds is 7. The lowest BCUT2D eigenvalue weighted by atomic mass is 10.3. The van der Waals surface area contributed by atoms with Crippen LogP contribution in [0.5, 0.6) is 11.6 Å². The monoisotopic (exact) mass is 358 g/mol. The number of ether oxygens (including phenoxy) is 2. The SMILES string of the molecule is CCOc1ccn2ncc(C(=O)N(C)CCOc3ccc(F)cc3)c2n1. The molecular weight excluding hydrogens is 339 g/mol. The zero-order valence-electron chi connectivity index (χ0n) is 14.6. The molecule has 136 valence electrons. The first-order valence-electron chi connectivity index (χ1n) is 8.19. The molecule has 2 aromatic heterocycles. The Bertz CT molecular complexity index is 895. The van der Waals surface area contributed by atoms with Crippen molar-refractivity contribution in [3.63, 3.8) is 0 Å². The van der Waals surface area contributed by atoms with Crippen molar-refractivity contribution in [2.45, 2.75) is 6.92 Å². The predicted octanol–water partition coefficient (Wildman–Crippen LogP) is 2.42. The minimum absolute atomic E-state index is 0.219. The standard InChI is InChI=1S/C18H19FN4O3/c1-3-25-16-8-9-23-17(21-16)15(12-20-23)18(24)22(2)10-11-26-14-6-4-13(19)5-7-14/h4-9,12H,3,10-11H2,1-2H3. The third kappa shape index (κ3) is 3.90. The summed E-state index contributed by atoms with van der Waals surface area (Å²) in [6.07, 6.45) is 3.18. The van der Waals surface area contributed by atoms with Crippen molar-refractivity contribution < 1.29 is 18.7 Å². The molecule has 3 rings (SSSR count). The normalized spacial score (nSPS) is 10.7. The molecular formula is C18H19FN4O3. The number of hydrogen-bond acceptors (Lipinski definition) is 5. The van der Waals surface area contributed by atoms with Gasteiger partial charge in [0, 0.05) is 19.3 Å². The van der Waals surface area contributed by atoms with Crippen LogP contribution in [0.2, 0.25) is 0 Å². The topological polar surface area (TPSA) is 69.0 Å². The molecule has 0 unspecified atom stereocenters. The first-order chi connectivity index (χ1) is 12.6. The van der Waals surface area contributed by atoms with E-state index in [0.717, 1.165) is 0 Å². The van der Waals surface area contributed by atoms with Crippen LogP contribution in [-0.2, 0) is 0 Å². The van der Waals surface area contributed by atoms with E-state index in [2.05, 4.69) is 10.1 Å². The van der Waals surface area contributed by atoms with Crippen LogP contribution in [0, 0.1) is 5.82 Å². The molecule has 26 heavy (non-hydrogen) atoms. The van der Waals surface area contributed by atoms with Gasteiger partial charge >= 0.3 is 0 Å². The number of benzene rings is 1. The van der Waals surface area contributed by atoms with Gasteiger partial charge in [-0.1, -0.05) is 0 Å². The number of hydrogen-bond donors (Lipinski definition) is 0. The van der Waals surface area contributed by atoms with E-state index >= 15 is 0 Å². The molecule has 0 spiro atoms. The zero-order valence-corrected chi connectivity index (χ0v) is 14.6. The number of halogens is 1. The highest BCUT2D eigenvalue weighted by Crippen LogP contribution is 2.15. The maximum atomic E-state index is 12.9. The lowest BCUT2D eigenvalue weighted by Crippen LogP contribution is -2.30. The molecule has 3 aromatic rings. The van der Waals surface area contributed by atoms with Crippen LogP contribution >= 0.6 is 0 Å². The summed E-state index contributed by atoms with van der Waals surface area (Å²) in [5.41, 5.74) is 0.822. The van der Waals surface area contributed by atoms with Crippen LogP contribution in [0.3, 0.4) is 0 Å². The van der Waals surface area contributed by atoms with Gasteiger partial charge in [0.25, 0.3) is 5.91 Å². The Labute approximate surface area is 150 Å². The number of likely N-dealkylation sites (N-methyl/N-ethyl adjacent to an activating group) is 1. The fourth-order valence-corrected chi connectivity index (χ4v) is 2.37. The molecule has 0 atom stereocenters. The number of carbonyl (C=O) groups is 1. The number of nitrogens with zero attached hydrogens (tertiary/aromatic N) is 4. The first kappa shape index (κ1) is 17.7. The quantitative estimate of drug-likeness (QED) is 0.649. The Morgan fingerprint density at radius 3 is 2.73 bits per heavy atom. The fourth-order valence-electron chi connectivity index (χ4n) is 2.37. The summed E-state index contributed by atoms with van der Waals surface area (Å²) in [6, 6.07) is 7.43. The Kier molecular flexibility index (Phi) is 5.31. The highest BCUT2D eigenvalue weighted by Gasteiger charge is 2.18. The van der Waals surface area contributed by atoms with E-state index in [1.807, 2.05) is 6.92 Å². The second-order valence-electron chi connectivity index (χ2n) is 5.55. The summed E-state index contributed by atoms with van der Waals surface area (Å²) >= 11 is 0. The van der Waals surface area contributed by atoms with Gasteiger partial charge in [0.1, 0.15) is 23.7 Å². The van der Waals surface area contributed by atoms with Gasteiger partial charge in [-0.25, -0.2) is 8.91 Å². The van der Waals surface area contributed by atoms with Gasteiger partial charge in [0.2, 0.25) is 5.88 Å². The number of fused-ring (bicyclic) bond motifs is 1.